The van der Waals surface area contributed by atoms with Gasteiger partial charge in [0.2, 0.25) is 0 Å². The molecule has 0 saturated heterocycles. The highest BCUT2D eigenvalue weighted by atomic mass is 79.9. The van der Waals surface area contributed by atoms with Crippen molar-refractivity contribution in [3.8, 4) is 0 Å². The van der Waals surface area contributed by atoms with Gasteiger partial charge in [0.25, 0.3) is 0 Å². The van der Waals surface area contributed by atoms with E-state index in [0.29, 0.717) is 6.07 Å². The third kappa shape index (κ3) is 2.63. The monoisotopic (exact) mass is 302 g/mol. The number of hydrogen-bond donors (Lipinski definition) is 1. The molecule has 0 unspecified atom stereocenters. The van der Waals surface area contributed by atoms with E-state index < -0.39 is 22.7 Å². The second kappa shape index (κ2) is 4.02. The van der Waals surface area contributed by atoms with Crippen molar-refractivity contribution in [3.05, 3.63) is 32.8 Å². The number of rotatable bonds is 1. The zero-order chi connectivity index (χ0) is 11.8. The summed E-state index contributed by atoms with van der Waals surface area (Å²) in [5, 5.41) is 7.98. The van der Waals surface area contributed by atoms with Gasteiger partial charge in [-0.05, 0) is 28.1 Å². The van der Waals surface area contributed by atoms with E-state index in [-0.39, 0.29) is 10.0 Å². The molecule has 7 heteroatoms. The van der Waals surface area contributed by atoms with Crippen LogP contribution in [-0.2, 0) is 6.18 Å². The molecule has 0 radical (unpaired) electrons. The van der Waals surface area contributed by atoms with Crippen molar-refractivity contribution in [1.82, 2.24) is 0 Å². The molecule has 0 aliphatic rings. The standard InChI is InChI=1S/C8H3BrClF3O2/c9-5-2-4(8(11,12)13)6(10)1-3(5)7(14)15/h1-2H,(H,14,15). The molecular weight excluding hydrogens is 300 g/mol. The number of alkyl halides is 3. The summed E-state index contributed by atoms with van der Waals surface area (Å²) in [6.07, 6.45) is -4.60. The Morgan fingerprint density at radius 1 is 1.40 bits per heavy atom. The Morgan fingerprint density at radius 2 is 1.93 bits per heavy atom. The number of carbonyl (C=O) groups is 1. The highest BCUT2D eigenvalue weighted by molar-refractivity contribution is 9.10. The van der Waals surface area contributed by atoms with Gasteiger partial charge in [0, 0.05) is 4.47 Å². The van der Waals surface area contributed by atoms with E-state index in [9.17, 15) is 18.0 Å². The van der Waals surface area contributed by atoms with E-state index in [2.05, 4.69) is 15.9 Å². The van der Waals surface area contributed by atoms with Gasteiger partial charge in [-0.3, -0.25) is 0 Å². The van der Waals surface area contributed by atoms with Gasteiger partial charge in [0.15, 0.2) is 0 Å². The third-order valence-electron chi connectivity index (χ3n) is 1.59. The van der Waals surface area contributed by atoms with Gasteiger partial charge in [-0.25, -0.2) is 4.79 Å². The number of carboxylic acids is 1. The predicted molar refractivity (Wildman–Crippen MR) is 51.1 cm³/mol. The van der Waals surface area contributed by atoms with Crippen LogP contribution in [0.4, 0.5) is 13.2 Å². The fraction of sp³-hybridized carbons (Fsp3) is 0.125. The van der Waals surface area contributed by atoms with Crippen LogP contribution >= 0.6 is 27.5 Å². The Morgan fingerprint density at radius 3 is 2.33 bits per heavy atom. The molecule has 0 heterocycles. The Labute approximate surface area is 95.8 Å². The molecule has 82 valence electrons. The van der Waals surface area contributed by atoms with Crippen molar-refractivity contribution in [2.75, 3.05) is 0 Å². The summed E-state index contributed by atoms with van der Waals surface area (Å²) in [5.41, 5.74) is -1.38. The summed E-state index contributed by atoms with van der Waals surface area (Å²) < 4.78 is 36.8. The third-order valence-corrected chi connectivity index (χ3v) is 2.56. The fourth-order valence-electron chi connectivity index (χ4n) is 0.928. The summed E-state index contributed by atoms with van der Waals surface area (Å²) in [5.74, 6) is -1.35. The van der Waals surface area contributed by atoms with Crippen molar-refractivity contribution in [3.63, 3.8) is 0 Å². The Kier molecular flexibility index (Phi) is 3.30. The van der Waals surface area contributed by atoms with E-state index in [0.717, 1.165) is 6.07 Å². The quantitative estimate of drug-likeness (QED) is 0.856. The Bertz CT molecular complexity index is 417. The zero-order valence-electron chi connectivity index (χ0n) is 6.90. The smallest absolute Gasteiger partial charge is 0.417 e. The van der Waals surface area contributed by atoms with E-state index in [4.69, 9.17) is 16.7 Å². The number of carboxylic acid groups (broad SMARTS) is 1. The molecule has 2 nitrogen and oxygen atoms in total. The number of benzene rings is 1. The van der Waals surface area contributed by atoms with Gasteiger partial charge in [-0.1, -0.05) is 11.6 Å². The molecule has 0 bridgehead atoms. The van der Waals surface area contributed by atoms with Crippen LogP contribution < -0.4 is 0 Å². The molecule has 0 spiro atoms. The largest absolute Gasteiger partial charge is 0.478 e. The molecule has 0 aromatic heterocycles. The molecule has 0 fully saturated rings. The molecule has 1 N–H and O–H groups in total. The molecule has 0 amide bonds. The lowest BCUT2D eigenvalue weighted by Crippen LogP contribution is -2.08. The van der Waals surface area contributed by atoms with Crippen molar-refractivity contribution >= 4 is 33.5 Å². The normalized spacial score (nSPS) is 11.5. The lowest BCUT2D eigenvalue weighted by molar-refractivity contribution is -0.137. The lowest BCUT2D eigenvalue weighted by Gasteiger charge is -2.10. The molecule has 1 aromatic rings. The first-order valence-corrected chi connectivity index (χ1v) is 4.70. The summed E-state index contributed by atoms with van der Waals surface area (Å²) in [7, 11) is 0. The lowest BCUT2D eigenvalue weighted by atomic mass is 10.1. The highest BCUT2D eigenvalue weighted by Crippen LogP contribution is 2.37. The number of halogens is 5. The molecule has 1 rings (SSSR count). The van der Waals surface area contributed by atoms with Crippen LogP contribution in [-0.4, -0.2) is 11.1 Å². The van der Waals surface area contributed by atoms with Crippen molar-refractivity contribution in [1.29, 1.82) is 0 Å². The fourth-order valence-corrected chi connectivity index (χ4v) is 1.71. The maximum atomic E-state index is 12.3. The Balaban J connectivity index is 3.39. The molecule has 0 aliphatic heterocycles. The second-order valence-corrected chi connectivity index (χ2v) is 3.88. The number of hydrogen-bond acceptors (Lipinski definition) is 1. The predicted octanol–water partition coefficient (Wildman–Crippen LogP) is 3.82. The molecule has 0 atom stereocenters. The van der Waals surface area contributed by atoms with Crippen LogP contribution in [0.2, 0.25) is 5.02 Å². The van der Waals surface area contributed by atoms with Gasteiger partial charge in [-0.15, -0.1) is 0 Å². The molecule has 1 aromatic carbocycles. The van der Waals surface area contributed by atoms with Crippen molar-refractivity contribution < 1.29 is 23.1 Å². The average molecular weight is 303 g/mol. The first-order valence-electron chi connectivity index (χ1n) is 3.53. The topological polar surface area (TPSA) is 37.3 Å². The maximum absolute atomic E-state index is 12.3. The van der Waals surface area contributed by atoms with Gasteiger partial charge >= 0.3 is 12.1 Å². The molecule has 15 heavy (non-hydrogen) atoms. The number of aromatic carboxylic acids is 1. The first kappa shape index (κ1) is 12.3. The minimum absolute atomic E-state index is 0.160. The van der Waals surface area contributed by atoms with Gasteiger partial charge < -0.3 is 5.11 Å². The van der Waals surface area contributed by atoms with E-state index in [1.807, 2.05) is 0 Å². The SMILES string of the molecule is O=C(O)c1cc(Cl)c(C(F)(F)F)cc1Br. The van der Waals surface area contributed by atoms with Crippen molar-refractivity contribution in [2.45, 2.75) is 6.18 Å². The molecular formula is C8H3BrClF3O2. The van der Waals surface area contributed by atoms with Crippen LogP contribution in [0.3, 0.4) is 0 Å². The van der Waals surface area contributed by atoms with Crippen LogP contribution in [0.25, 0.3) is 0 Å². The summed E-state index contributed by atoms with van der Waals surface area (Å²) in [4.78, 5) is 10.6. The highest BCUT2D eigenvalue weighted by Gasteiger charge is 2.34. The van der Waals surface area contributed by atoms with Gasteiger partial charge in [-0.2, -0.15) is 13.2 Å². The van der Waals surface area contributed by atoms with Crippen molar-refractivity contribution in [2.24, 2.45) is 0 Å². The second-order valence-electron chi connectivity index (χ2n) is 2.61. The first-order chi connectivity index (χ1) is 6.73. The van der Waals surface area contributed by atoms with Gasteiger partial charge in [0.1, 0.15) is 0 Å². The minimum atomic E-state index is -4.60. The Hall–Kier alpha value is -0.750. The minimum Gasteiger partial charge on any atom is -0.478 e. The van der Waals surface area contributed by atoms with Crippen LogP contribution in [0.1, 0.15) is 15.9 Å². The summed E-state index contributed by atoms with van der Waals surface area (Å²) >= 11 is 8.06. The van der Waals surface area contributed by atoms with Crippen LogP contribution in [0.15, 0.2) is 16.6 Å². The van der Waals surface area contributed by atoms with E-state index in [1.54, 1.807) is 0 Å². The van der Waals surface area contributed by atoms with E-state index >= 15 is 0 Å². The molecule has 0 saturated carbocycles. The average Bonchev–Trinajstić information content (AvgIpc) is 2.06. The summed E-state index contributed by atoms with van der Waals surface area (Å²) in [6, 6.07) is 1.41. The summed E-state index contributed by atoms with van der Waals surface area (Å²) in [6.45, 7) is 0. The van der Waals surface area contributed by atoms with Crippen LogP contribution in [0.5, 0.6) is 0 Å². The van der Waals surface area contributed by atoms with Crippen LogP contribution in [0, 0.1) is 0 Å². The molecule has 0 aliphatic carbocycles. The maximum Gasteiger partial charge on any atom is 0.417 e. The van der Waals surface area contributed by atoms with Gasteiger partial charge in [0.05, 0.1) is 16.1 Å². The zero-order valence-corrected chi connectivity index (χ0v) is 9.24. The van der Waals surface area contributed by atoms with E-state index in [1.165, 1.54) is 0 Å².